The van der Waals surface area contributed by atoms with Crippen molar-refractivity contribution in [2.45, 2.75) is 35.8 Å². The Labute approximate surface area is 197 Å². The van der Waals surface area contributed by atoms with Gasteiger partial charge in [0.05, 0.1) is 5.92 Å². The second-order valence-electron chi connectivity index (χ2n) is 8.42. The first kappa shape index (κ1) is 21.5. The molecule has 1 radical (unpaired) electrons. The predicted molar refractivity (Wildman–Crippen MR) is 127 cm³/mol. The molecule has 0 aliphatic heterocycles. The number of benzene rings is 3. The highest BCUT2D eigenvalue weighted by molar-refractivity contribution is 6.22. The molecule has 0 saturated carbocycles. The number of carbonyl (C=O) groups is 1. The average molecular weight is 458 g/mol. The van der Waals surface area contributed by atoms with E-state index in [0.717, 1.165) is 33.4 Å². The van der Waals surface area contributed by atoms with E-state index in [0.29, 0.717) is 6.42 Å². The summed E-state index contributed by atoms with van der Waals surface area (Å²) in [5, 5.41) is -0.452. The Morgan fingerprint density at radius 1 is 1.00 bits per heavy atom. The molecule has 3 aromatic rings. The monoisotopic (exact) mass is 457 g/mol. The zero-order valence-corrected chi connectivity index (χ0v) is 18.6. The molecule has 0 amide bonds. The standard InChI is InChI=1S/C28H22ClO4/c1-2-15-28(32-17-30,25-19-10-4-3-9-18(19)16-24(25)29)27(31)33-26-22-13-7-5-11-20(22)21-12-6-8-14-23(21)26/h2-14,24-26H,1,15-16H2. The van der Waals surface area contributed by atoms with Gasteiger partial charge in [-0.3, -0.25) is 0 Å². The lowest BCUT2D eigenvalue weighted by Gasteiger charge is -2.36. The van der Waals surface area contributed by atoms with Crippen LogP contribution in [0.15, 0.2) is 85.5 Å². The van der Waals surface area contributed by atoms with Crippen LogP contribution in [-0.2, 0) is 25.5 Å². The molecule has 33 heavy (non-hydrogen) atoms. The van der Waals surface area contributed by atoms with Gasteiger partial charge in [-0.1, -0.05) is 78.9 Å². The maximum atomic E-state index is 13.9. The number of ether oxygens (including phenoxy) is 2. The first-order valence-electron chi connectivity index (χ1n) is 10.9. The third-order valence-corrected chi connectivity index (χ3v) is 7.09. The van der Waals surface area contributed by atoms with Crippen LogP contribution in [-0.4, -0.2) is 23.4 Å². The van der Waals surface area contributed by atoms with E-state index in [2.05, 4.69) is 6.58 Å². The van der Waals surface area contributed by atoms with E-state index in [4.69, 9.17) is 21.1 Å². The summed E-state index contributed by atoms with van der Waals surface area (Å²) in [6, 6.07) is 23.4. The van der Waals surface area contributed by atoms with Crippen molar-refractivity contribution < 1.29 is 19.1 Å². The van der Waals surface area contributed by atoms with Gasteiger partial charge in [0.25, 0.3) is 0 Å². The summed E-state index contributed by atoms with van der Waals surface area (Å²) in [5.74, 6) is -1.25. The van der Waals surface area contributed by atoms with Gasteiger partial charge in [0.1, 0.15) is 0 Å². The summed E-state index contributed by atoms with van der Waals surface area (Å²) in [5.41, 5.74) is 4.05. The lowest BCUT2D eigenvalue weighted by atomic mass is 9.80. The first-order chi connectivity index (χ1) is 16.1. The molecular formula is C28H22ClO4. The molecular weight excluding hydrogens is 436 g/mol. The minimum absolute atomic E-state index is 0.0549. The molecule has 3 aromatic carbocycles. The van der Waals surface area contributed by atoms with E-state index in [-0.39, 0.29) is 6.42 Å². The molecule has 0 N–H and O–H groups in total. The van der Waals surface area contributed by atoms with Gasteiger partial charge in [0.2, 0.25) is 5.60 Å². The molecule has 0 saturated heterocycles. The summed E-state index contributed by atoms with van der Waals surface area (Å²) in [4.78, 5) is 25.5. The SMILES string of the molecule is C=CCC(O[C]=O)(C(=O)OC1c2ccccc2-c2ccccc21)C1c2ccccc2CC1Cl. The number of carbonyl (C=O) groups excluding carboxylic acids is 2. The highest BCUT2D eigenvalue weighted by atomic mass is 35.5. The Morgan fingerprint density at radius 2 is 1.58 bits per heavy atom. The normalized spacial score (nSPS) is 20.2. The molecule has 2 aliphatic rings. The van der Waals surface area contributed by atoms with Crippen LogP contribution in [0.25, 0.3) is 11.1 Å². The summed E-state index contributed by atoms with van der Waals surface area (Å²) >= 11 is 6.77. The van der Waals surface area contributed by atoms with Crippen LogP contribution in [0.5, 0.6) is 0 Å². The van der Waals surface area contributed by atoms with Gasteiger partial charge in [-0.05, 0) is 28.7 Å². The molecule has 0 heterocycles. The van der Waals surface area contributed by atoms with E-state index in [1.54, 1.807) is 6.08 Å². The Kier molecular flexibility index (Phi) is 5.55. The molecule has 0 fully saturated rings. The zero-order valence-electron chi connectivity index (χ0n) is 17.9. The van der Waals surface area contributed by atoms with Gasteiger partial charge in [0.15, 0.2) is 6.10 Å². The second kappa shape index (κ2) is 8.53. The number of hydrogen-bond acceptors (Lipinski definition) is 4. The highest BCUT2D eigenvalue weighted by Gasteiger charge is 2.56. The van der Waals surface area contributed by atoms with Gasteiger partial charge in [-0.15, -0.1) is 18.2 Å². The predicted octanol–water partition coefficient (Wildman–Crippen LogP) is 5.65. The molecule has 4 nitrogen and oxygen atoms in total. The van der Waals surface area contributed by atoms with E-state index >= 15 is 0 Å². The molecule has 2 aliphatic carbocycles. The fourth-order valence-corrected chi connectivity index (χ4v) is 5.81. The Hall–Kier alpha value is -3.37. The number of fused-ring (bicyclic) bond motifs is 4. The van der Waals surface area contributed by atoms with Crippen molar-refractivity contribution in [2.75, 3.05) is 0 Å². The zero-order chi connectivity index (χ0) is 23.0. The summed E-state index contributed by atoms with van der Waals surface area (Å²) in [6.07, 6.45) is 1.56. The van der Waals surface area contributed by atoms with Crippen LogP contribution >= 0.6 is 11.6 Å². The fraction of sp³-hybridized carbons (Fsp3) is 0.214. The maximum Gasteiger partial charge on any atom is 0.418 e. The van der Waals surface area contributed by atoms with Crippen molar-refractivity contribution in [3.05, 3.63) is 108 Å². The van der Waals surface area contributed by atoms with E-state index in [9.17, 15) is 9.59 Å². The summed E-state index contributed by atoms with van der Waals surface area (Å²) < 4.78 is 11.7. The fourth-order valence-electron chi connectivity index (χ4n) is 5.31. The van der Waals surface area contributed by atoms with E-state index in [1.165, 1.54) is 6.47 Å². The highest BCUT2D eigenvalue weighted by Crippen LogP contribution is 2.50. The van der Waals surface area contributed by atoms with Gasteiger partial charge in [-0.2, -0.15) is 0 Å². The van der Waals surface area contributed by atoms with Crippen LogP contribution in [0.2, 0.25) is 0 Å². The van der Waals surface area contributed by atoms with Crippen LogP contribution in [0.3, 0.4) is 0 Å². The number of halogens is 1. The lowest BCUT2D eigenvalue weighted by Crippen LogP contribution is -2.50. The quantitative estimate of drug-likeness (QED) is 0.261. The minimum atomic E-state index is -1.67. The van der Waals surface area contributed by atoms with Gasteiger partial charge >= 0.3 is 12.4 Å². The lowest BCUT2D eigenvalue weighted by molar-refractivity contribution is -0.170. The van der Waals surface area contributed by atoms with Crippen LogP contribution in [0, 0.1) is 0 Å². The number of alkyl halides is 1. The van der Waals surface area contributed by atoms with Crippen molar-refractivity contribution in [3.8, 4) is 11.1 Å². The van der Waals surface area contributed by atoms with E-state index < -0.39 is 29.0 Å². The van der Waals surface area contributed by atoms with Crippen molar-refractivity contribution >= 4 is 24.0 Å². The Bertz CT molecular complexity index is 1180. The smallest absolute Gasteiger partial charge is 0.418 e. The Morgan fingerprint density at radius 3 is 2.18 bits per heavy atom. The van der Waals surface area contributed by atoms with Gasteiger partial charge < -0.3 is 9.47 Å². The van der Waals surface area contributed by atoms with Crippen molar-refractivity contribution in [3.63, 3.8) is 0 Å². The van der Waals surface area contributed by atoms with Gasteiger partial charge in [-0.25, -0.2) is 9.59 Å². The molecule has 165 valence electrons. The minimum Gasteiger partial charge on any atom is -0.450 e. The number of rotatable bonds is 7. The van der Waals surface area contributed by atoms with Crippen molar-refractivity contribution in [1.29, 1.82) is 0 Å². The van der Waals surface area contributed by atoms with Crippen LogP contribution in [0.4, 0.5) is 0 Å². The molecule has 3 atom stereocenters. The molecule has 3 unspecified atom stereocenters. The maximum absolute atomic E-state index is 13.9. The summed E-state index contributed by atoms with van der Waals surface area (Å²) in [6.45, 7) is 5.31. The number of hydrogen-bond donors (Lipinski definition) is 0. The van der Waals surface area contributed by atoms with E-state index in [1.807, 2.05) is 72.8 Å². The largest absolute Gasteiger partial charge is 0.450 e. The topological polar surface area (TPSA) is 52.6 Å². The third-order valence-electron chi connectivity index (χ3n) is 6.69. The molecule has 0 spiro atoms. The average Bonchev–Trinajstić information content (AvgIpc) is 3.33. The third kappa shape index (κ3) is 3.37. The second-order valence-corrected chi connectivity index (χ2v) is 8.98. The van der Waals surface area contributed by atoms with Crippen molar-refractivity contribution in [1.82, 2.24) is 0 Å². The van der Waals surface area contributed by atoms with Crippen LogP contribution in [0.1, 0.15) is 40.7 Å². The summed E-state index contributed by atoms with van der Waals surface area (Å²) in [7, 11) is 0. The van der Waals surface area contributed by atoms with Crippen molar-refractivity contribution in [2.24, 2.45) is 0 Å². The first-order valence-corrected chi connectivity index (χ1v) is 11.3. The number of esters is 1. The molecule has 0 aromatic heterocycles. The molecule has 5 rings (SSSR count). The Balaban J connectivity index is 1.59. The molecule has 5 heteroatoms. The van der Waals surface area contributed by atoms with Crippen LogP contribution < -0.4 is 0 Å². The van der Waals surface area contributed by atoms with Gasteiger partial charge in [0, 0.05) is 22.9 Å². The molecule has 0 bridgehead atoms.